The van der Waals surface area contributed by atoms with E-state index in [0.717, 1.165) is 51.3 Å². The minimum atomic E-state index is 0.748. The van der Waals surface area contributed by atoms with Crippen LogP contribution < -0.4 is 0 Å². The maximum Gasteiger partial charge on any atom is 0.166 e. The predicted octanol–water partition coefficient (Wildman–Crippen LogP) is 2.11. The molecule has 1 aliphatic heterocycles. The second kappa shape index (κ2) is 6.66. The standard InChI is InChI=1S/C11H19NO2/c1-3-5-6-11(4-2)14-12-7-9-13-10-8-12/h2-3,5-10H2,1H3. The zero-order chi connectivity index (χ0) is 10.2. The molecule has 0 saturated carbocycles. The van der Waals surface area contributed by atoms with Crippen LogP contribution in [0.25, 0.3) is 0 Å². The quantitative estimate of drug-likeness (QED) is 0.497. The predicted molar refractivity (Wildman–Crippen MR) is 55.7 cm³/mol. The third-order valence-electron chi connectivity index (χ3n) is 2.16. The van der Waals surface area contributed by atoms with Gasteiger partial charge in [0.15, 0.2) is 5.76 Å². The van der Waals surface area contributed by atoms with Gasteiger partial charge < -0.3 is 9.57 Å². The van der Waals surface area contributed by atoms with Gasteiger partial charge in [0.25, 0.3) is 0 Å². The van der Waals surface area contributed by atoms with Crippen LogP contribution in [-0.4, -0.2) is 31.4 Å². The van der Waals surface area contributed by atoms with Gasteiger partial charge in [-0.15, -0.1) is 5.06 Å². The Hall–Kier alpha value is -0.760. The van der Waals surface area contributed by atoms with E-state index in [1.165, 1.54) is 0 Å². The molecule has 0 N–H and O–H groups in total. The van der Waals surface area contributed by atoms with Crippen molar-refractivity contribution in [3.05, 3.63) is 18.1 Å². The topological polar surface area (TPSA) is 21.7 Å². The summed E-state index contributed by atoms with van der Waals surface area (Å²) in [5, 5.41) is 1.92. The first-order chi connectivity index (χ1) is 6.86. The van der Waals surface area contributed by atoms with Gasteiger partial charge in [-0.3, -0.25) is 0 Å². The van der Waals surface area contributed by atoms with Gasteiger partial charge in [-0.25, -0.2) is 0 Å². The monoisotopic (exact) mass is 197 g/mol. The van der Waals surface area contributed by atoms with Crippen molar-refractivity contribution in [3.8, 4) is 0 Å². The fourth-order valence-electron chi connectivity index (χ4n) is 1.30. The average molecular weight is 197 g/mol. The molecule has 0 amide bonds. The number of morpholine rings is 1. The van der Waals surface area contributed by atoms with Crippen LogP contribution in [0.4, 0.5) is 0 Å². The van der Waals surface area contributed by atoms with Gasteiger partial charge >= 0.3 is 0 Å². The first-order valence-corrected chi connectivity index (χ1v) is 5.26. The number of hydrogen-bond acceptors (Lipinski definition) is 3. The highest BCUT2D eigenvalue weighted by Gasteiger charge is 2.12. The van der Waals surface area contributed by atoms with Crippen LogP contribution in [0.1, 0.15) is 26.2 Å². The van der Waals surface area contributed by atoms with E-state index in [0.29, 0.717) is 0 Å². The van der Waals surface area contributed by atoms with Gasteiger partial charge in [-0.05, 0) is 6.42 Å². The molecule has 0 bridgehead atoms. The summed E-state index contributed by atoms with van der Waals surface area (Å²) in [5.74, 6) is 0.855. The Balaban J connectivity index is 2.28. The summed E-state index contributed by atoms with van der Waals surface area (Å²) in [7, 11) is 0. The largest absolute Gasteiger partial charge is 0.402 e. The van der Waals surface area contributed by atoms with E-state index in [4.69, 9.17) is 9.57 Å². The minimum Gasteiger partial charge on any atom is -0.402 e. The van der Waals surface area contributed by atoms with Gasteiger partial charge in [0, 0.05) is 6.42 Å². The molecular formula is C11H19NO2. The summed E-state index contributed by atoms with van der Waals surface area (Å²) >= 11 is 0. The fourth-order valence-corrected chi connectivity index (χ4v) is 1.30. The first kappa shape index (κ1) is 11.3. The third-order valence-corrected chi connectivity index (χ3v) is 2.16. The van der Waals surface area contributed by atoms with Crippen molar-refractivity contribution in [2.45, 2.75) is 26.2 Å². The van der Waals surface area contributed by atoms with Gasteiger partial charge in [0.05, 0.1) is 26.3 Å². The molecule has 0 aliphatic carbocycles. The molecule has 1 heterocycles. The molecule has 1 aliphatic rings. The zero-order valence-corrected chi connectivity index (χ0v) is 8.92. The molecular weight excluding hydrogens is 178 g/mol. The Kier molecular flexibility index (Phi) is 5.38. The number of hydrogen-bond donors (Lipinski definition) is 0. The van der Waals surface area contributed by atoms with Gasteiger partial charge in [0.1, 0.15) is 0 Å². The van der Waals surface area contributed by atoms with Crippen LogP contribution in [0.15, 0.2) is 18.1 Å². The Morgan fingerprint density at radius 2 is 2.21 bits per heavy atom. The number of hydroxylamine groups is 2. The number of unbranched alkanes of at least 4 members (excludes halogenated alkanes) is 1. The van der Waals surface area contributed by atoms with Gasteiger partial charge in [-0.2, -0.15) is 0 Å². The van der Waals surface area contributed by atoms with E-state index >= 15 is 0 Å². The summed E-state index contributed by atoms with van der Waals surface area (Å²) in [4.78, 5) is 5.64. The van der Waals surface area contributed by atoms with Gasteiger partial charge in [-0.1, -0.05) is 25.7 Å². The lowest BCUT2D eigenvalue weighted by atomic mass is 10.2. The molecule has 80 valence electrons. The lowest BCUT2D eigenvalue weighted by Crippen LogP contribution is -2.35. The Labute approximate surface area is 85.9 Å². The minimum absolute atomic E-state index is 0.748. The van der Waals surface area contributed by atoms with Crippen molar-refractivity contribution in [2.75, 3.05) is 26.3 Å². The van der Waals surface area contributed by atoms with E-state index < -0.39 is 0 Å². The number of ether oxygens (including phenoxy) is 1. The SMILES string of the molecule is C=C=C(CCCC)ON1CCOCC1. The molecule has 0 aromatic heterocycles. The molecule has 3 nitrogen and oxygen atoms in total. The number of rotatable bonds is 5. The highest BCUT2D eigenvalue weighted by Crippen LogP contribution is 2.10. The molecule has 1 rings (SSSR count). The second-order valence-electron chi connectivity index (χ2n) is 3.34. The van der Waals surface area contributed by atoms with Crippen molar-refractivity contribution in [3.63, 3.8) is 0 Å². The second-order valence-corrected chi connectivity index (χ2v) is 3.34. The molecule has 0 radical (unpaired) electrons. The van der Waals surface area contributed by atoms with Crippen LogP contribution in [-0.2, 0) is 9.57 Å². The van der Waals surface area contributed by atoms with Crippen molar-refractivity contribution in [1.29, 1.82) is 0 Å². The summed E-state index contributed by atoms with van der Waals surface area (Å²) in [6.45, 7) is 8.95. The summed E-state index contributed by atoms with van der Waals surface area (Å²) in [6, 6.07) is 0. The van der Waals surface area contributed by atoms with Crippen LogP contribution in [0, 0.1) is 0 Å². The van der Waals surface area contributed by atoms with E-state index in [1.807, 2.05) is 5.06 Å². The van der Waals surface area contributed by atoms with Crippen molar-refractivity contribution < 1.29 is 9.57 Å². The third kappa shape index (κ3) is 3.97. The van der Waals surface area contributed by atoms with Crippen LogP contribution in [0.3, 0.4) is 0 Å². The van der Waals surface area contributed by atoms with E-state index in [2.05, 4.69) is 19.2 Å². The molecule has 3 heteroatoms. The lowest BCUT2D eigenvalue weighted by Gasteiger charge is -2.26. The summed E-state index contributed by atoms with van der Waals surface area (Å²) < 4.78 is 5.23. The smallest absolute Gasteiger partial charge is 0.166 e. The summed E-state index contributed by atoms with van der Waals surface area (Å²) in [5.41, 5.74) is 2.85. The first-order valence-electron chi connectivity index (χ1n) is 5.26. The van der Waals surface area contributed by atoms with E-state index in [1.54, 1.807) is 0 Å². The van der Waals surface area contributed by atoms with Crippen molar-refractivity contribution in [1.82, 2.24) is 5.06 Å². The summed E-state index contributed by atoms with van der Waals surface area (Å²) in [6.07, 6.45) is 3.22. The number of allylic oxidation sites excluding steroid dienone is 1. The molecule has 0 unspecified atom stereocenters. The highest BCUT2D eigenvalue weighted by molar-refractivity contribution is 4.88. The van der Waals surface area contributed by atoms with Crippen LogP contribution in [0.2, 0.25) is 0 Å². The Morgan fingerprint density at radius 1 is 1.50 bits per heavy atom. The van der Waals surface area contributed by atoms with Crippen molar-refractivity contribution >= 4 is 0 Å². The molecule has 0 spiro atoms. The average Bonchev–Trinajstić information content (AvgIpc) is 2.25. The maximum absolute atomic E-state index is 5.64. The lowest BCUT2D eigenvalue weighted by molar-refractivity contribution is -0.165. The van der Waals surface area contributed by atoms with Crippen LogP contribution >= 0.6 is 0 Å². The molecule has 1 saturated heterocycles. The normalized spacial score (nSPS) is 17.5. The zero-order valence-electron chi connectivity index (χ0n) is 8.92. The highest BCUT2D eigenvalue weighted by atomic mass is 16.7. The molecule has 0 aromatic carbocycles. The molecule has 14 heavy (non-hydrogen) atoms. The van der Waals surface area contributed by atoms with Crippen molar-refractivity contribution in [2.24, 2.45) is 0 Å². The molecule has 0 aromatic rings. The Morgan fingerprint density at radius 3 is 2.79 bits per heavy atom. The van der Waals surface area contributed by atoms with E-state index in [-0.39, 0.29) is 0 Å². The Bertz CT molecular complexity index is 203. The van der Waals surface area contributed by atoms with Gasteiger partial charge in [0.2, 0.25) is 0 Å². The molecule has 0 atom stereocenters. The van der Waals surface area contributed by atoms with E-state index in [9.17, 15) is 0 Å². The molecule has 1 fully saturated rings. The number of nitrogens with zero attached hydrogens (tertiary/aromatic N) is 1. The maximum atomic E-state index is 5.64. The van der Waals surface area contributed by atoms with Crippen LogP contribution in [0.5, 0.6) is 0 Å². The fraction of sp³-hybridized carbons (Fsp3) is 0.727.